The van der Waals surface area contributed by atoms with Crippen molar-refractivity contribution in [3.05, 3.63) is 86.0 Å². The molecule has 0 atom stereocenters. The van der Waals surface area contributed by atoms with Crippen molar-refractivity contribution in [3.63, 3.8) is 0 Å². The molecule has 1 aliphatic rings. The van der Waals surface area contributed by atoms with Crippen LogP contribution in [0, 0.1) is 5.82 Å². The maximum atomic E-state index is 14.1. The summed E-state index contributed by atoms with van der Waals surface area (Å²) >= 11 is 6.09. The van der Waals surface area contributed by atoms with Gasteiger partial charge in [0.05, 0.1) is 16.8 Å². The lowest BCUT2D eigenvalue weighted by Gasteiger charge is -2.28. The molecule has 4 nitrogen and oxygen atoms in total. The van der Waals surface area contributed by atoms with E-state index < -0.39 is 17.6 Å². The number of benzene rings is 2. The van der Waals surface area contributed by atoms with Gasteiger partial charge in [0.25, 0.3) is 5.56 Å². The molecule has 0 saturated carbocycles. The van der Waals surface area contributed by atoms with Gasteiger partial charge in [0.15, 0.2) is 0 Å². The number of hydrogen-bond donors (Lipinski definition) is 1. The topological polar surface area (TPSA) is 49.0 Å². The first kappa shape index (κ1) is 20.6. The minimum atomic E-state index is -4.43. The number of rotatable bonds is 3. The van der Waals surface area contributed by atoms with Crippen LogP contribution in [-0.2, 0) is 25.7 Å². The summed E-state index contributed by atoms with van der Waals surface area (Å²) in [5.41, 5.74) is 0.680. The summed E-state index contributed by atoms with van der Waals surface area (Å²) in [5.74, 6) is -0.184. The smallest absolute Gasteiger partial charge is 0.306 e. The van der Waals surface area contributed by atoms with E-state index in [9.17, 15) is 22.4 Å². The Hall–Kier alpha value is -2.71. The lowest BCUT2D eigenvalue weighted by molar-refractivity contribution is -0.137. The van der Waals surface area contributed by atoms with Crippen LogP contribution >= 0.6 is 11.6 Å². The van der Waals surface area contributed by atoms with Gasteiger partial charge in [-0.05, 0) is 24.3 Å². The number of H-pyrrole nitrogens is 1. The molecular formula is C21H16ClF4N3O. The standard InChI is InChI=1S/C21H16ClF4N3O/c22-16-2-1-3-17(23)14(16)10-29-9-8-18-15(11-29)20(30)28-19(27-18)12-4-6-13(7-5-12)21(24,25)26/h1-7H,8-11H2,(H,27,28,30). The molecule has 30 heavy (non-hydrogen) atoms. The second-order valence-corrected chi connectivity index (χ2v) is 7.48. The Morgan fingerprint density at radius 2 is 1.87 bits per heavy atom. The van der Waals surface area contributed by atoms with Gasteiger partial charge in [-0.25, -0.2) is 9.37 Å². The average molecular weight is 438 g/mol. The van der Waals surface area contributed by atoms with Gasteiger partial charge in [0.1, 0.15) is 11.6 Å². The largest absolute Gasteiger partial charge is 0.416 e. The monoisotopic (exact) mass is 437 g/mol. The molecule has 0 amide bonds. The van der Waals surface area contributed by atoms with Crippen LogP contribution in [0.4, 0.5) is 17.6 Å². The van der Waals surface area contributed by atoms with Crippen LogP contribution in [0.2, 0.25) is 5.02 Å². The van der Waals surface area contributed by atoms with E-state index in [0.717, 1.165) is 12.1 Å². The number of hydrogen-bond acceptors (Lipinski definition) is 3. The van der Waals surface area contributed by atoms with Crippen LogP contribution in [0.3, 0.4) is 0 Å². The lowest BCUT2D eigenvalue weighted by atomic mass is 10.0. The zero-order valence-electron chi connectivity index (χ0n) is 15.6. The second kappa shape index (κ2) is 7.85. The highest BCUT2D eigenvalue weighted by atomic mass is 35.5. The molecule has 0 unspecified atom stereocenters. The van der Waals surface area contributed by atoms with E-state index in [0.29, 0.717) is 40.4 Å². The van der Waals surface area contributed by atoms with Gasteiger partial charge in [-0.2, -0.15) is 13.2 Å². The van der Waals surface area contributed by atoms with Crippen LogP contribution in [0.25, 0.3) is 11.4 Å². The normalized spacial score (nSPS) is 14.6. The summed E-state index contributed by atoms with van der Waals surface area (Å²) in [6.07, 6.45) is -3.97. The summed E-state index contributed by atoms with van der Waals surface area (Å²) in [6.45, 7) is 1.07. The van der Waals surface area contributed by atoms with E-state index in [1.807, 2.05) is 4.90 Å². The molecule has 2 aromatic carbocycles. The van der Waals surface area contributed by atoms with E-state index in [1.54, 1.807) is 6.07 Å². The van der Waals surface area contributed by atoms with E-state index in [1.165, 1.54) is 24.3 Å². The van der Waals surface area contributed by atoms with Gasteiger partial charge < -0.3 is 4.98 Å². The Morgan fingerprint density at radius 1 is 1.13 bits per heavy atom. The summed E-state index contributed by atoms with van der Waals surface area (Å²) < 4.78 is 52.3. The van der Waals surface area contributed by atoms with Crippen molar-refractivity contribution in [3.8, 4) is 11.4 Å². The minimum absolute atomic E-state index is 0.220. The van der Waals surface area contributed by atoms with Crippen LogP contribution < -0.4 is 5.56 Å². The molecule has 0 aliphatic carbocycles. The van der Waals surface area contributed by atoms with Crippen molar-refractivity contribution in [2.75, 3.05) is 6.54 Å². The number of nitrogens with one attached hydrogen (secondary N) is 1. The van der Waals surface area contributed by atoms with Crippen molar-refractivity contribution >= 4 is 11.6 Å². The number of fused-ring (bicyclic) bond motifs is 1. The predicted molar refractivity (Wildman–Crippen MR) is 105 cm³/mol. The molecule has 4 rings (SSSR count). The molecule has 9 heteroatoms. The molecule has 0 radical (unpaired) electrons. The second-order valence-electron chi connectivity index (χ2n) is 7.08. The molecule has 3 aromatic rings. The van der Waals surface area contributed by atoms with Gasteiger partial charge in [-0.3, -0.25) is 9.69 Å². The first-order valence-electron chi connectivity index (χ1n) is 9.17. The van der Waals surface area contributed by atoms with E-state index in [2.05, 4.69) is 9.97 Å². The molecule has 156 valence electrons. The summed E-state index contributed by atoms with van der Waals surface area (Å²) in [4.78, 5) is 21.6. The maximum absolute atomic E-state index is 14.1. The molecule has 0 fully saturated rings. The molecular weight excluding hydrogens is 422 g/mol. The Kier molecular flexibility index (Phi) is 5.38. The predicted octanol–water partition coefficient (Wildman–Crippen LogP) is 4.81. The van der Waals surface area contributed by atoms with Crippen molar-refractivity contribution in [1.82, 2.24) is 14.9 Å². The SMILES string of the molecule is O=c1[nH]c(-c2ccc(C(F)(F)F)cc2)nc2c1CN(Cc1c(F)cccc1Cl)CC2. The van der Waals surface area contributed by atoms with Gasteiger partial charge >= 0.3 is 6.18 Å². The maximum Gasteiger partial charge on any atom is 0.416 e. The Balaban J connectivity index is 1.58. The third kappa shape index (κ3) is 4.11. The Morgan fingerprint density at radius 3 is 2.53 bits per heavy atom. The Labute approximate surface area is 174 Å². The van der Waals surface area contributed by atoms with Crippen LogP contribution in [0.15, 0.2) is 47.3 Å². The molecule has 0 spiro atoms. The third-order valence-electron chi connectivity index (χ3n) is 5.08. The quantitative estimate of drug-likeness (QED) is 0.598. The zero-order chi connectivity index (χ0) is 21.5. The number of halogens is 5. The number of alkyl halides is 3. The van der Waals surface area contributed by atoms with E-state index in [-0.39, 0.29) is 24.5 Å². The van der Waals surface area contributed by atoms with Crippen LogP contribution in [0.5, 0.6) is 0 Å². The van der Waals surface area contributed by atoms with Gasteiger partial charge in [-0.15, -0.1) is 0 Å². The first-order valence-corrected chi connectivity index (χ1v) is 9.55. The molecule has 1 aromatic heterocycles. The van der Waals surface area contributed by atoms with Crippen LogP contribution in [0.1, 0.15) is 22.4 Å². The highest BCUT2D eigenvalue weighted by Gasteiger charge is 2.30. The fourth-order valence-corrected chi connectivity index (χ4v) is 3.70. The van der Waals surface area contributed by atoms with Crippen molar-refractivity contribution in [2.24, 2.45) is 0 Å². The molecule has 1 N–H and O–H groups in total. The van der Waals surface area contributed by atoms with E-state index in [4.69, 9.17) is 11.6 Å². The summed E-state index contributed by atoms with van der Waals surface area (Å²) in [5, 5.41) is 0.325. The van der Waals surface area contributed by atoms with Gasteiger partial charge in [0.2, 0.25) is 0 Å². The summed E-state index contributed by atoms with van der Waals surface area (Å²) in [6, 6.07) is 8.95. The molecule has 0 bridgehead atoms. The highest BCUT2D eigenvalue weighted by Crippen LogP contribution is 2.30. The average Bonchev–Trinajstić information content (AvgIpc) is 2.70. The third-order valence-corrected chi connectivity index (χ3v) is 5.43. The van der Waals surface area contributed by atoms with Crippen molar-refractivity contribution in [1.29, 1.82) is 0 Å². The Bertz CT molecular complexity index is 1120. The van der Waals surface area contributed by atoms with Gasteiger partial charge in [-0.1, -0.05) is 29.8 Å². The van der Waals surface area contributed by atoms with Gasteiger partial charge in [0, 0.05) is 42.2 Å². The molecule has 1 aliphatic heterocycles. The fraction of sp³-hybridized carbons (Fsp3) is 0.238. The molecule has 0 saturated heterocycles. The summed E-state index contributed by atoms with van der Waals surface area (Å²) in [7, 11) is 0. The fourth-order valence-electron chi connectivity index (χ4n) is 3.48. The molecule has 2 heterocycles. The highest BCUT2D eigenvalue weighted by molar-refractivity contribution is 6.31. The first-order chi connectivity index (χ1) is 14.2. The van der Waals surface area contributed by atoms with Crippen molar-refractivity contribution in [2.45, 2.75) is 25.7 Å². The zero-order valence-corrected chi connectivity index (χ0v) is 16.3. The van der Waals surface area contributed by atoms with E-state index >= 15 is 0 Å². The number of nitrogens with zero attached hydrogens (tertiary/aromatic N) is 2. The van der Waals surface area contributed by atoms with Crippen molar-refractivity contribution < 1.29 is 17.6 Å². The van der Waals surface area contributed by atoms with Crippen LogP contribution in [-0.4, -0.2) is 21.4 Å². The minimum Gasteiger partial charge on any atom is -0.306 e. The number of aromatic amines is 1. The lowest BCUT2D eigenvalue weighted by Crippen LogP contribution is -2.35. The number of aromatic nitrogens is 2.